The molecular formula is C40H41F2N3O6S. The molecule has 0 spiro atoms. The molecule has 0 unspecified atom stereocenters. The first-order chi connectivity index (χ1) is 25.0. The average molecular weight is 730 g/mol. The number of aliphatic hydroxyl groups excluding tert-OH is 1. The normalized spacial score (nSPS) is 12.2. The van der Waals surface area contributed by atoms with Gasteiger partial charge in [0.25, 0.3) is 22.4 Å². The van der Waals surface area contributed by atoms with Crippen molar-refractivity contribution in [1.82, 2.24) is 10.6 Å². The zero-order valence-corrected chi connectivity index (χ0v) is 29.3. The van der Waals surface area contributed by atoms with Gasteiger partial charge in [0.05, 0.1) is 29.3 Å². The highest BCUT2D eigenvalue weighted by atomic mass is 32.2. The summed E-state index contributed by atoms with van der Waals surface area (Å²) in [6.07, 6.45) is -0.283. The second-order valence-electron chi connectivity index (χ2n) is 11.9. The van der Waals surface area contributed by atoms with E-state index in [1.54, 1.807) is 30.3 Å². The molecule has 0 saturated heterocycles. The first-order valence-corrected chi connectivity index (χ1v) is 18.0. The number of aryl methyl sites for hydroxylation is 1. The highest BCUT2D eigenvalue weighted by Crippen LogP contribution is 2.26. The summed E-state index contributed by atoms with van der Waals surface area (Å²) in [7, 11) is -4.04. The molecule has 4 N–H and O–H groups in total. The van der Waals surface area contributed by atoms with Gasteiger partial charge in [0.2, 0.25) is 0 Å². The van der Waals surface area contributed by atoms with Crippen molar-refractivity contribution in [2.24, 2.45) is 0 Å². The molecule has 0 aliphatic heterocycles. The number of rotatable bonds is 15. The van der Waals surface area contributed by atoms with Crippen LogP contribution in [-0.4, -0.2) is 49.7 Å². The first-order valence-electron chi connectivity index (χ1n) is 16.6. The maximum absolute atomic E-state index is 14.0. The van der Waals surface area contributed by atoms with Gasteiger partial charge in [-0.05, 0) is 83.6 Å². The molecule has 0 bridgehead atoms. The smallest absolute Gasteiger partial charge is 0.290 e. The van der Waals surface area contributed by atoms with Crippen LogP contribution in [0, 0.1) is 11.6 Å². The fraction of sp³-hybridized carbons (Fsp3) is 0.200. The van der Waals surface area contributed by atoms with Gasteiger partial charge in [-0.2, -0.15) is 0 Å². The van der Waals surface area contributed by atoms with E-state index in [1.165, 1.54) is 34.1 Å². The summed E-state index contributed by atoms with van der Waals surface area (Å²) in [4.78, 5) is 21.8. The SMILES string of the molecule is CCc1cccc(CNC[C@@H](O)[C@H](Cc2cc(F)cc(F)c2)NC(=O)c2ccc(S(=O)(=O)N(Cc3ccccc3)c3ccccc3)cc2)c1.O=CO. The molecular weight excluding hydrogens is 689 g/mol. The molecule has 5 aromatic rings. The van der Waals surface area contributed by atoms with Gasteiger partial charge in [-0.1, -0.05) is 79.7 Å². The quantitative estimate of drug-likeness (QED) is 0.0955. The summed E-state index contributed by atoms with van der Waals surface area (Å²) in [6, 6.07) is 33.7. The lowest BCUT2D eigenvalue weighted by Gasteiger charge is -2.26. The summed E-state index contributed by atoms with van der Waals surface area (Å²) in [5.41, 5.74) is 3.92. The van der Waals surface area contributed by atoms with Crippen LogP contribution in [0.1, 0.15) is 39.5 Å². The van der Waals surface area contributed by atoms with E-state index < -0.39 is 39.7 Å². The number of carbonyl (C=O) groups excluding carboxylic acids is 1. The maximum atomic E-state index is 14.0. The number of hydrogen-bond donors (Lipinski definition) is 4. The number of hydrogen-bond acceptors (Lipinski definition) is 6. The van der Waals surface area contributed by atoms with Crippen molar-refractivity contribution in [3.8, 4) is 0 Å². The minimum absolute atomic E-state index is 0.00741. The van der Waals surface area contributed by atoms with Crippen molar-refractivity contribution in [3.63, 3.8) is 0 Å². The molecule has 0 aliphatic rings. The number of sulfonamides is 1. The molecule has 2 atom stereocenters. The molecule has 1 amide bonds. The number of nitrogens with zero attached hydrogens (tertiary/aromatic N) is 1. The van der Waals surface area contributed by atoms with E-state index in [9.17, 15) is 27.1 Å². The summed E-state index contributed by atoms with van der Waals surface area (Å²) in [5, 5.41) is 24.1. The third-order valence-electron chi connectivity index (χ3n) is 8.16. The summed E-state index contributed by atoms with van der Waals surface area (Å²) < 4.78 is 57.2. The van der Waals surface area contributed by atoms with Crippen LogP contribution in [0.5, 0.6) is 0 Å². The molecule has 0 aliphatic carbocycles. The number of nitrogens with one attached hydrogen (secondary N) is 2. The highest BCUT2D eigenvalue weighted by molar-refractivity contribution is 7.92. The number of para-hydroxylation sites is 1. The number of anilines is 1. The molecule has 0 fully saturated rings. The van der Waals surface area contributed by atoms with Crippen molar-refractivity contribution in [1.29, 1.82) is 0 Å². The third-order valence-corrected chi connectivity index (χ3v) is 9.95. The van der Waals surface area contributed by atoms with Crippen molar-refractivity contribution in [2.45, 2.75) is 49.9 Å². The zero-order valence-electron chi connectivity index (χ0n) is 28.5. The van der Waals surface area contributed by atoms with Crippen LogP contribution < -0.4 is 14.9 Å². The predicted octanol–water partition coefficient (Wildman–Crippen LogP) is 6.12. The number of benzene rings is 5. The Balaban J connectivity index is 0.00000195. The van der Waals surface area contributed by atoms with Crippen LogP contribution in [0.3, 0.4) is 0 Å². The zero-order chi connectivity index (χ0) is 37.5. The minimum Gasteiger partial charge on any atom is -0.483 e. The monoisotopic (exact) mass is 729 g/mol. The second kappa shape index (κ2) is 19.3. The molecule has 12 heteroatoms. The fourth-order valence-corrected chi connectivity index (χ4v) is 7.00. The standard InChI is InChI=1S/C39H39F2N3O4S.CH2O2/c1-2-28-12-9-13-30(20-28)25-42-26-38(45)37(23-31-21-33(40)24-34(41)22-31)43-39(46)32-16-18-36(19-17-32)49(47,48)44(35-14-7-4-8-15-35)27-29-10-5-3-6-11-29;2-1-3/h3-22,24,37-38,42,45H,2,23,25-27H2,1H3,(H,43,46);1H,(H,2,3)/t37-,38+;/m0./s1. The summed E-state index contributed by atoms with van der Waals surface area (Å²) in [6.45, 7) is 2.48. The number of carboxylic acid groups (broad SMARTS) is 1. The van der Waals surface area contributed by atoms with Gasteiger partial charge in [-0.15, -0.1) is 0 Å². The Morgan fingerprint density at radius 1 is 0.788 bits per heavy atom. The van der Waals surface area contributed by atoms with Crippen LogP contribution in [0.15, 0.2) is 132 Å². The molecule has 0 aromatic heterocycles. The van der Waals surface area contributed by atoms with Crippen LogP contribution in [-0.2, 0) is 40.7 Å². The number of aliphatic hydroxyl groups is 1. The van der Waals surface area contributed by atoms with Gasteiger partial charge in [0.1, 0.15) is 11.6 Å². The number of halogens is 2. The van der Waals surface area contributed by atoms with Crippen molar-refractivity contribution in [3.05, 3.63) is 167 Å². The van der Waals surface area contributed by atoms with Crippen molar-refractivity contribution < 1.29 is 37.0 Å². The van der Waals surface area contributed by atoms with Gasteiger partial charge in [-0.25, -0.2) is 17.2 Å². The van der Waals surface area contributed by atoms with Gasteiger partial charge in [0, 0.05) is 24.7 Å². The Morgan fingerprint density at radius 2 is 1.37 bits per heavy atom. The molecule has 272 valence electrons. The van der Waals surface area contributed by atoms with Crippen molar-refractivity contribution in [2.75, 3.05) is 10.8 Å². The summed E-state index contributed by atoms with van der Waals surface area (Å²) >= 11 is 0. The predicted molar refractivity (Wildman–Crippen MR) is 196 cm³/mol. The highest BCUT2D eigenvalue weighted by Gasteiger charge is 2.27. The molecule has 9 nitrogen and oxygen atoms in total. The Kier molecular flexibility index (Phi) is 14.6. The van der Waals surface area contributed by atoms with Crippen LogP contribution in [0.2, 0.25) is 0 Å². The molecule has 0 radical (unpaired) electrons. The van der Waals surface area contributed by atoms with E-state index in [1.807, 2.05) is 48.5 Å². The number of amides is 1. The molecule has 52 heavy (non-hydrogen) atoms. The van der Waals surface area contributed by atoms with Crippen LogP contribution in [0.25, 0.3) is 0 Å². The largest absolute Gasteiger partial charge is 0.483 e. The molecule has 0 saturated carbocycles. The lowest BCUT2D eigenvalue weighted by molar-refractivity contribution is -0.122. The fourth-order valence-electron chi connectivity index (χ4n) is 5.55. The van der Waals surface area contributed by atoms with E-state index >= 15 is 0 Å². The van der Waals surface area contributed by atoms with E-state index in [2.05, 4.69) is 23.6 Å². The number of carbonyl (C=O) groups is 2. The van der Waals surface area contributed by atoms with E-state index in [0.717, 1.165) is 35.7 Å². The van der Waals surface area contributed by atoms with Gasteiger partial charge < -0.3 is 20.8 Å². The van der Waals surface area contributed by atoms with Gasteiger partial charge in [-0.3, -0.25) is 13.9 Å². The molecule has 0 heterocycles. The lowest BCUT2D eigenvalue weighted by Crippen LogP contribution is -2.48. The minimum atomic E-state index is -4.04. The van der Waals surface area contributed by atoms with Crippen LogP contribution in [0.4, 0.5) is 14.5 Å². The Labute approximate surface area is 302 Å². The first kappa shape index (κ1) is 39.4. The molecule has 5 rings (SSSR count). The van der Waals surface area contributed by atoms with E-state index in [4.69, 9.17) is 9.90 Å². The summed E-state index contributed by atoms with van der Waals surface area (Å²) in [5.74, 6) is -2.11. The Bertz CT molecular complexity index is 1980. The topological polar surface area (TPSA) is 136 Å². The lowest BCUT2D eigenvalue weighted by atomic mass is 10.00. The maximum Gasteiger partial charge on any atom is 0.290 e. The molecule has 5 aromatic carbocycles. The van der Waals surface area contributed by atoms with Gasteiger partial charge in [0.15, 0.2) is 0 Å². The average Bonchev–Trinajstić information content (AvgIpc) is 3.14. The Morgan fingerprint density at radius 3 is 1.98 bits per heavy atom. The van der Waals surface area contributed by atoms with Crippen LogP contribution >= 0.6 is 0 Å². The second-order valence-corrected chi connectivity index (χ2v) is 13.8. The Hall–Kier alpha value is -5.43. The third kappa shape index (κ3) is 11.3. The van der Waals surface area contributed by atoms with E-state index in [-0.39, 0.29) is 42.0 Å². The van der Waals surface area contributed by atoms with Gasteiger partial charge >= 0.3 is 0 Å². The van der Waals surface area contributed by atoms with Crippen molar-refractivity contribution >= 4 is 28.1 Å². The van der Waals surface area contributed by atoms with E-state index in [0.29, 0.717) is 12.2 Å².